The highest BCUT2D eigenvalue weighted by atomic mass is 15.1. The molecule has 0 bridgehead atoms. The standard InChI is InChI=1S/C58H39N/c1-3-15-40(16-4-1)42-29-32-47(33-30-42)59(58-26-14-13-23-50(58)46-28-27-41-17-7-8-21-45(41)37-46)48-34-36-54(55(38-48)43-18-5-2-6-19-43)57-39-56-49-22-10-9-20-44(49)31-35-53(56)51-24-11-12-25-52(51)57/h1-39H. The molecule has 0 aliphatic heterocycles. The number of benzene rings is 11. The molecule has 276 valence electrons. The third-order valence-electron chi connectivity index (χ3n) is 11.8. The molecule has 11 rings (SSSR count). The first-order valence-corrected chi connectivity index (χ1v) is 20.3. The second-order valence-corrected chi connectivity index (χ2v) is 15.3. The zero-order chi connectivity index (χ0) is 39.1. The lowest BCUT2D eigenvalue weighted by atomic mass is 9.87. The van der Waals surface area contributed by atoms with E-state index in [0.29, 0.717) is 0 Å². The smallest absolute Gasteiger partial charge is 0.0540 e. The van der Waals surface area contributed by atoms with Gasteiger partial charge in [0.25, 0.3) is 0 Å². The number of hydrogen-bond acceptors (Lipinski definition) is 1. The molecule has 0 aromatic heterocycles. The van der Waals surface area contributed by atoms with Gasteiger partial charge in [-0.2, -0.15) is 0 Å². The van der Waals surface area contributed by atoms with Crippen LogP contribution in [0.2, 0.25) is 0 Å². The van der Waals surface area contributed by atoms with Gasteiger partial charge in [-0.25, -0.2) is 0 Å². The average Bonchev–Trinajstić information content (AvgIpc) is 3.32. The van der Waals surface area contributed by atoms with E-state index in [0.717, 1.165) is 17.1 Å². The summed E-state index contributed by atoms with van der Waals surface area (Å²) < 4.78 is 0. The molecule has 0 unspecified atom stereocenters. The van der Waals surface area contributed by atoms with Crippen molar-refractivity contribution in [3.63, 3.8) is 0 Å². The zero-order valence-corrected chi connectivity index (χ0v) is 32.5. The second-order valence-electron chi connectivity index (χ2n) is 15.3. The number of para-hydroxylation sites is 1. The summed E-state index contributed by atoms with van der Waals surface area (Å²) in [6, 6.07) is 86.4. The lowest BCUT2D eigenvalue weighted by molar-refractivity contribution is 1.28. The van der Waals surface area contributed by atoms with E-state index in [1.165, 1.54) is 87.6 Å². The van der Waals surface area contributed by atoms with Crippen LogP contribution in [0.3, 0.4) is 0 Å². The molecule has 0 aliphatic carbocycles. The van der Waals surface area contributed by atoms with Gasteiger partial charge in [0.05, 0.1) is 5.69 Å². The summed E-state index contributed by atoms with van der Waals surface area (Å²) in [7, 11) is 0. The molecule has 0 atom stereocenters. The average molecular weight is 750 g/mol. The molecule has 0 aliphatic rings. The fraction of sp³-hybridized carbons (Fsp3) is 0. The van der Waals surface area contributed by atoms with Crippen LogP contribution >= 0.6 is 0 Å². The van der Waals surface area contributed by atoms with Crippen molar-refractivity contribution in [3.05, 3.63) is 237 Å². The monoisotopic (exact) mass is 749 g/mol. The maximum Gasteiger partial charge on any atom is 0.0540 e. The van der Waals surface area contributed by atoms with E-state index >= 15 is 0 Å². The SMILES string of the molecule is c1ccc(-c2ccc(N(c3ccc(-c4cc5c6ccccc6ccc5c5ccccc45)c(-c4ccccc4)c3)c3ccccc3-c3ccc4ccccc4c3)cc2)cc1. The Kier molecular flexibility index (Phi) is 8.56. The summed E-state index contributed by atoms with van der Waals surface area (Å²) in [5.74, 6) is 0. The maximum atomic E-state index is 2.43. The molecule has 0 N–H and O–H groups in total. The molecule has 0 radical (unpaired) electrons. The quantitative estimate of drug-likeness (QED) is 0.147. The summed E-state index contributed by atoms with van der Waals surface area (Å²) >= 11 is 0. The Morgan fingerprint density at radius 3 is 1.58 bits per heavy atom. The molecule has 1 heteroatoms. The van der Waals surface area contributed by atoms with Crippen LogP contribution in [0.1, 0.15) is 0 Å². The first kappa shape index (κ1) is 34.5. The Labute approximate surface area is 344 Å². The van der Waals surface area contributed by atoms with Crippen LogP contribution in [0.5, 0.6) is 0 Å². The van der Waals surface area contributed by atoms with Gasteiger partial charge in [0.1, 0.15) is 0 Å². The minimum atomic E-state index is 1.09. The Morgan fingerprint density at radius 1 is 0.220 bits per heavy atom. The molecule has 0 saturated carbocycles. The minimum Gasteiger partial charge on any atom is -0.310 e. The molecule has 11 aromatic rings. The first-order valence-electron chi connectivity index (χ1n) is 20.3. The number of hydrogen-bond donors (Lipinski definition) is 0. The van der Waals surface area contributed by atoms with Crippen molar-refractivity contribution in [1.29, 1.82) is 0 Å². The molecule has 0 saturated heterocycles. The van der Waals surface area contributed by atoms with Crippen LogP contribution in [0.15, 0.2) is 237 Å². The normalized spacial score (nSPS) is 11.4. The summed E-state index contributed by atoms with van der Waals surface area (Å²) in [5, 5.41) is 10.0. The van der Waals surface area contributed by atoms with Crippen LogP contribution < -0.4 is 4.90 Å². The van der Waals surface area contributed by atoms with Crippen molar-refractivity contribution in [1.82, 2.24) is 0 Å². The lowest BCUT2D eigenvalue weighted by Gasteiger charge is -2.29. The second kappa shape index (κ2) is 14.6. The number of nitrogens with zero attached hydrogens (tertiary/aromatic N) is 1. The number of fused-ring (bicyclic) bond motifs is 6. The zero-order valence-electron chi connectivity index (χ0n) is 32.5. The van der Waals surface area contributed by atoms with Crippen molar-refractivity contribution >= 4 is 60.2 Å². The highest BCUT2D eigenvalue weighted by Gasteiger charge is 2.21. The molecule has 0 heterocycles. The van der Waals surface area contributed by atoms with Crippen molar-refractivity contribution in [2.75, 3.05) is 4.90 Å². The molecule has 59 heavy (non-hydrogen) atoms. The molecular weight excluding hydrogens is 711 g/mol. The summed E-state index contributed by atoms with van der Waals surface area (Å²) in [4.78, 5) is 2.43. The van der Waals surface area contributed by atoms with E-state index in [9.17, 15) is 0 Å². The van der Waals surface area contributed by atoms with Gasteiger partial charge in [-0.05, 0) is 124 Å². The van der Waals surface area contributed by atoms with Crippen molar-refractivity contribution in [3.8, 4) is 44.5 Å². The van der Waals surface area contributed by atoms with E-state index in [4.69, 9.17) is 0 Å². The van der Waals surface area contributed by atoms with Gasteiger partial charge in [0.2, 0.25) is 0 Å². The van der Waals surface area contributed by atoms with Gasteiger partial charge < -0.3 is 4.90 Å². The predicted molar refractivity (Wildman–Crippen MR) is 253 cm³/mol. The molecule has 1 nitrogen and oxygen atoms in total. The highest BCUT2D eigenvalue weighted by molar-refractivity contribution is 6.21. The molecule has 0 spiro atoms. The lowest BCUT2D eigenvalue weighted by Crippen LogP contribution is -2.11. The molecular formula is C58H39N. The van der Waals surface area contributed by atoms with E-state index in [-0.39, 0.29) is 0 Å². The Morgan fingerprint density at radius 2 is 0.780 bits per heavy atom. The number of anilines is 3. The Balaban J connectivity index is 1.16. The van der Waals surface area contributed by atoms with Crippen molar-refractivity contribution in [2.45, 2.75) is 0 Å². The third kappa shape index (κ3) is 6.21. The summed E-state index contributed by atoms with van der Waals surface area (Å²) in [6.45, 7) is 0. The van der Waals surface area contributed by atoms with Gasteiger partial charge in [-0.1, -0.05) is 194 Å². The predicted octanol–water partition coefficient (Wildman–Crippen LogP) is 16.4. The van der Waals surface area contributed by atoms with E-state index in [1.54, 1.807) is 0 Å². The van der Waals surface area contributed by atoms with Crippen LogP contribution in [0, 0.1) is 0 Å². The van der Waals surface area contributed by atoms with Crippen LogP contribution in [0.4, 0.5) is 17.1 Å². The molecule has 11 aromatic carbocycles. The van der Waals surface area contributed by atoms with Crippen LogP contribution in [0.25, 0.3) is 87.6 Å². The van der Waals surface area contributed by atoms with E-state index in [2.05, 4.69) is 241 Å². The maximum absolute atomic E-state index is 2.43. The van der Waals surface area contributed by atoms with Gasteiger partial charge in [0, 0.05) is 16.9 Å². The van der Waals surface area contributed by atoms with Gasteiger partial charge >= 0.3 is 0 Å². The Bertz CT molecular complexity index is 3310. The van der Waals surface area contributed by atoms with Gasteiger partial charge in [0.15, 0.2) is 0 Å². The van der Waals surface area contributed by atoms with Crippen LogP contribution in [-0.4, -0.2) is 0 Å². The minimum absolute atomic E-state index is 1.09. The van der Waals surface area contributed by atoms with Gasteiger partial charge in [-0.15, -0.1) is 0 Å². The fourth-order valence-corrected chi connectivity index (χ4v) is 8.98. The van der Waals surface area contributed by atoms with Gasteiger partial charge in [-0.3, -0.25) is 0 Å². The van der Waals surface area contributed by atoms with Crippen LogP contribution in [-0.2, 0) is 0 Å². The first-order chi connectivity index (χ1) is 29.3. The third-order valence-corrected chi connectivity index (χ3v) is 11.8. The summed E-state index contributed by atoms with van der Waals surface area (Å²) in [6.07, 6.45) is 0. The van der Waals surface area contributed by atoms with E-state index in [1.807, 2.05) is 0 Å². The Hall–Kier alpha value is -7.74. The fourth-order valence-electron chi connectivity index (χ4n) is 8.98. The molecule has 0 fully saturated rings. The van der Waals surface area contributed by atoms with Crippen molar-refractivity contribution < 1.29 is 0 Å². The van der Waals surface area contributed by atoms with Crippen molar-refractivity contribution in [2.24, 2.45) is 0 Å². The molecule has 0 amide bonds. The largest absolute Gasteiger partial charge is 0.310 e. The number of rotatable bonds is 7. The highest BCUT2D eigenvalue weighted by Crippen LogP contribution is 2.46. The van der Waals surface area contributed by atoms with E-state index < -0.39 is 0 Å². The topological polar surface area (TPSA) is 3.24 Å². The summed E-state index contributed by atoms with van der Waals surface area (Å²) in [5.41, 5.74) is 12.8.